The summed E-state index contributed by atoms with van der Waals surface area (Å²) < 4.78 is 5.33. The summed E-state index contributed by atoms with van der Waals surface area (Å²) >= 11 is 0. The molecule has 0 radical (unpaired) electrons. The van der Waals surface area contributed by atoms with E-state index in [1.54, 1.807) is 7.11 Å². The summed E-state index contributed by atoms with van der Waals surface area (Å²) in [5.74, 6) is 0.989. The fourth-order valence-corrected chi connectivity index (χ4v) is 3.24. The number of aryl methyl sites for hydroxylation is 1. The lowest BCUT2D eigenvalue weighted by Gasteiger charge is -2.23. The van der Waals surface area contributed by atoms with Crippen LogP contribution in [0.15, 0.2) is 24.5 Å². The molecule has 0 atom stereocenters. The Morgan fingerprint density at radius 1 is 1.19 bits per heavy atom. The second-order valence-corrected chi connectivity index (χ2v) is 6.48. The summed E-state index contributed by atoms with van der Waals surface area (Å²) in [5, 5.41) is 18.0. The Morgan fingerprint density at radius 2 is 1.92 bits per heavy atom. The van der Waals surface area contributed by atoms with E-state index in [4.69, 9.17) is 4.74 Å². The molecule has 26 heavy (non-hydrogen) atoms. The van der Waals surface area contributed by atoms with E-state index < -0.39 is 4.92 Å². The van der Waals surface area contributed by atoms with E-state index in [9.17, 15) is 10.1 Å². The number of aromatic nitrogens is 2. The van der Waals surface area contributed by atoms with Crippen molar-refractivity contribution in [2.45, 2.75) is 45.1 Å². The second kappa shape index (κ2) is 7.99. The molecule has 1 heterocycles. The molecular weight excluding hydrogens is 334 g/mol. The predicted molar refractivity (Wildman–Crippen MR) is 100 cm³/mol. The monoisotopic (exact) mass is 357 g/mol. The first-order valence-electron chi connectivity index (χ1n) is 8.76. The topological polar surface area (TPSA) is 102 Å². The Labute approximate surface area is 152 Å². The van der Waals surface area contributed by atoms with Crippen LogP contribution in [0, 0.1) is 17.0 Å². The first-order valence-corrected chi connectivity index (χ1v) is 8.76. The molecule has 1 aliphatic rings. The van der Waals surface area contributed by atoms with E-state index >= 15 is 0 Å². The Balaban J connectivity index is 1.93. The van der Waals surface area contributed by atoms with Gasteiger partial charge in [-0.2, -0.15) is 0 Å². The molecule has 1 aromatic carbocycles. The number of anilines is 3. The van der Waals surface area contributed by atoms with Crippen molar-refractivity contribution in [3.05, 3.63) is 40.2 Å². The molecular formula is C18H23N5O3. The number of nitro groups is 1. The molecule has 1 aliphatic carbocycles. The lowest BCUT2D eigenvalue weighted by atomic mass is 9.95. The summed E-state index contributed by atoms with van der Waals surface area (Å²) in [6.45, 7) is 1.94. The van der Waals surface area contributed by atoms with Crippen molar-refractivity contribution in [1.29, 1.82) is 0 Å². The van der Waals surface area contributed by atoms with Crippen molar-refractivity contribution in [2.24, 2.45) is 0 Å². The Morgan fingerprint density at radius 3 is 2.62 bits per heavy atom. The van der Waals surface area contributed by atoms with Crippen LogP contribution in [0.2, 0.25) is 0 Å². The molecule has 2 N–H and O–H groups in total. The highest BCUT2D eigenvalue weighted by molar-refractivity contribution is 5.76. The van der Waals surface area contributed by atoms with Gasteiger partial charge in [0.1, 0.15) is 12.1 Å². The fraction of sp³-hybridized carbons (Fsp3) is 0.444. The molecule has 1 aromatic heterocycles. The number of nitrogens with zero attached hydrogens (tertiary/aromatic N) is 3. The van der Waals surface area contributed by atoms with Crippen molar-refractivity contribution >= 4 is 23.0 Å². The van der Waals surface area contributed by atoms with Gasteiger partial charge in [-0.25, -0.2) is 9.97 Å². The Hall–Kier alpha value is -2.90. The number of hydrogen-bond donors (Lipinski definition) is 2. The third-order valence-electron chi connectivity index (χ3n) is 4.56. The minimum absolute atomic E-state index is 0.146. The maximum Gasteiger partial charge on any atom is 0.353 e. The molecule has 2 aromatic rings. The molecule has 0 saturated heterocycles. The summed E-state index contributed by atoms with van der Waals surface area (Å²) in [7, 11) is 1.56. The van der Waals surface area contributed by atoms with E-state index in [0.717, 1.165) is 31.2 Å². The maximum absolute atomic E-state index is 11.7. The zero-order valence-corrected chi connectivity index (χ0v) is 15.0. The van der Waals surface area contributed by atoms with Gasteiger partial charge < -0.3 is 15.4 Å². The SMILES string of the molecule is COc1ccc(C)cc1Nc1ncnc(NC2CCCCC2)c1[N+](=O)[O-]. The number of methoxy groups -OCH3 is 1. The van der Waals surface area contributed by atoms with Crippen LogP contribution in [-0.4, -0.2) is 28.0 Å². The highest BCUT2D eigenvalue weighted by atomic mass is 16.6. The summed E-state index contributed by atoms with van der Waals surface area (Å²) in [6.07, 6.45) is 6.79. The first kappa shape index (κ1) is 17.9. The smallest absolute Gasteiger partial charge is 0.353 e. The van der Waals surface area contributed by atoms with E-state index in [1.165, 1.54) is 12.7 Å². The van der Waals surface area contributed by atoms with E-state index in [-0.39, 0.29) is 23.4 Å². The minimum Gasteiger partial charge on any atom is -0.495 e. The molecule has 8 nitrogen and oxygen atoms in total. The zero-order chi connectivity index (χ0) is 18.5. The van der Waals surface area contributed by atoms with Crippen molar-refractivity contribution < 1.29 is 9.66 Å². The standard InChI is InChI=1S/C18H23N5O3/c1-12-8-9-15(26-2)14(10-12)22-18-16(23(24)25)17(19-11-20-18)21-13-6-4-3-5-7-13/h8-11,13H,3-7H2,1-2H3,(H2,19,20,21,22). The summed E-state index contributed by atoms with van der Waals surface area (Å²) in [6, 6.07) is 5.79. The highest BCUT2D eigenvalue weighted by Crippen LogP contribution is 2.35. The van der Waals surface area contributed by atoms with Crippen LogP contribution in [0.4, 0.5) is 23.0 Å². The van der Waals surface area contributed by atoms with Crippen molar-refractivity contribution in [1.82, 2.24) is 9.97 Å². The second-order valence-electron chi connectivity index (χ2n) is 6.48. The largest absolute Gasteiger partial charge is 0.495 e. The zero-order valence-electron chi connectivity index (χ0n) is 15.0. The lowest BCUT2D eigenvalue weighted by molar-refractivity contribution is -0.383. The molecule has 3 rings (SSSR count). The molecule has 0 spiro atoms. The lowest BCUT2D eigenvalue weighted by Crippen LogP contribution is -2.23. The van der Waals surface area contributed by atoms with Gasteiger partial charge in [0.2, 0.25) is 11.6 Å². The maximum atomic E-state index is 11.7. The third-order valence-corrected chi connectivity index (χ3v) is 4.56. The van der Waals surface area contributed by atoms with Crippen LogP contribution >= 0.6 is 0 Å². The first-order chi connectivity index (χ1) is 12.6. The van der Waals surface area contributed by atoms with Gasteiger partial charge in [-0.3, -0.25) is 10.1 Å². The van der Waals surface area contributed by atoms with Crippen LogP contribution < -0.4 is 15.4 Å². The normalized spacial score (nSPS) is 14.7. The highest BCUT2D eigenvalue weighted by Gasteiger charge is 2.26. The van der Waals surface area contributed by atoms with Crippen LogP contribution in [0.1, 0.15) is 37.7 Å². The summed E-state index contributed by atoms with van der Waals surface area (Å²) in [4.78, 5) is 19.5. The molecule has 8 heteroatoms. The van der Waals surface area contributed by atoms with E-state index in [0.29, 0.717) is 11.4 Å². The van der Waals surface area contributed by atoms with Crippen LogP contribution in [0.5, 0.6) is 5.75 Å². The van der Waals surface area contributed by atoms with Gasteiger partial charge in [0.05, 0.1) is 17.7 Å². The molecule has 1 fully saturated rings. The third kappa shape index (κ3) is 4.01. The number of rotatable bonds is 6. The number of benzene rings is 1. The van der Waals surface area contributed by atoms with Crippen molar-refractivity contribution in [3.63, 3.8) is 0 Å². The number of hydrogen-bond acceptors (Lipinski definition) is 7. The van der Waals surface area contributed by atoms with Crippen molar-refractivity contribution in [2.75, 3.05) is 17.7 Å². The van der Waals surface area contributed by atoms with Crippen LogP contribution in [0.25, 0.3) is 0 Å². The predicted octanol–water partition coefficient (Wildman–Crippen LogP) is 4.19. The molecule has 1 saturated carbocycles. The molecule has 138 valence electrons. The van der Waals surface area contributed by atoms with Gasteiger partial charge >= 0.3 is 5.69 Å². The molecule has 0 amide bonds. The van der Waals surface area contributed by atoms with E-state index in [2.05, 4.69) is 20.6 Å². The van der Waals surface area contributed by atoms with Gasteiger partial charge in [-0.05, 0) is 37.5 Å². The summed E-state index contributed by atoms with van der Waals surface area (Å²) in [5.41, 5.74) is 1.48. The van der Waals surface area contributed by atoms with E-state index in [1.807, 2.05) is 25.1 Å². The number of ether oxygens (including phenoxy) is 1. The number of nitrogens with one attached hydrogen (secondary N) is 2. The average Bonchev–Trinajstić information content (AvgIpc) is 2.63. The quantitative estimate of drug-likeness (QED) is 0.590. The molecule has 0 unspecified atom stereocenters. The fourth-order valence-electron chi connectivity index (χ4n) is 3.24. The average molecular weight is 357 g/mol. The van der Waals surface area contributed by atoms with Gasteiger partial charge in [0.15, 0.2) is 0 Å². The van der Waals surface area contributed by atoms with Crippen molar-refractivity contribution in [3.8, 4) is 5.75 Å². The van der Waals surface area contributed by atoms with Gasteiger partial charge in [0.25, 0.3) is 0 Å². The van der Waals surface area contributed by atoms with Crippen LogP contribution in [-0.2, 0) is 0 Å². The van der Waals surface area contributed by atoms with Gasteiger partial charge in [0, 0.05) is 6.04 Å². The molecule has 0 bridgehead atoms. The van der Waals surface area contributed by atoms with Gasteiger partial charge in [-0.15, -0.1) is 0 Å². The molecule has 0 aliphatic heterocycles. The van der Waals surface area contributed by atoms with Crippen LogP contribution in [0.3, 0.4) is 0 Å². The Kier molecular flexibility index (Phi) is 5.50. The Bertz CT molecular complexity index is 790. The van der Waals surface area contributed by atoms with Gasteiger partial charge in [-0.1, -0.05) is 25.3 Å². The minimum atomic E-state index is -0.449.